The van der Waals surface area contributed by atoms with Gasteiger partial charge in [-0.1, -0.05) is 19.1 Å². The molecule has 2 unspecified atom stereocenters. The van der Waals surface area contributed by atoms with Crippen molar-refractivity contribution in [3.8, 4) is 0 Å². The summed E-state index contributed by atoms with van der Waals surface area (Å²) in [4.78, 5) is 18.8. The molecule has 6 heteroatoms. The van der Waals surface area contributed by atoms with E-state index in [0.717, 1.165) is 6.42 Å². The zero-order valence-electron chi connectivity index (χ0n) is 11.7. The van der Waals surface area contributed by atoms with Crippen LogP contribution in [0.4, 0.5) is 0 Å². The second-order valence-electron chi connectivity index (χ2n) is 4.96. The molecule has 1 fully saturated rings. The average Bonchev–Trinajstić information content (AvgIpc) is 2.46. The molecule has 0 aliphatic carbocycles. The van der Waals surface area contributed by atoms with Crippen molar-refractivity contribution in [3.63, 3.8) is 0 Å². The minimum atomic E-state index is -0.0681. The number of pyridine rings is 1. The van der Waals surface area contributed by atoms with Gasteiger partial charge in [0.2, 0.25) is 0 Å². The molecule has 1 aromatic rings. The molecule has 0 spiro atoms. The average molecular weight is 293 g/mol. The smallest absolute Gasteiger partial charge is 0.272 e. The minimum Gasteiger partial charge on any atom is -0.389 e. The second-order valence-corrected chi connectivity index (χ2v) is 5.40. The van der Waals surface area contributed by atoms with Crippen LogP contribution in [0, 0.1) is 0 Å². The summed E-state index contributed by atoms with van der Waals surface area (Å²) < 4.78 is 5.60. The Balaban J connectivity index is 2.18. The molecule has 2 heterocycles. The Labute approximate surface area is 124 Å². The molecule has 1 aliphatic rings. The third-order valence-corrected chi connectivity index (χ3v) is 3.70. The lowest BCUT2D eigenvalue weighted by atomic mass is 10.1. The Hall–Kier alpha value is -1.53. The first-order chi connectivity index (χ1) is 9.52. The number of aromatic nitrogens is 1. The van der Waals surface area contributed by atoms with Gasteiger partial charge in [-0.05, 0) is 25.5 Å². The van der Waals surface area contributed by atoms with E-state index in [-0.39, 0.29) is 23.0 Å². The van der Waals surface area contributed by atoms with E-state index >= 15 is 0 Å². The van der Waals surface area contributed by atoms with Crippen LogP contribution in [-0.2, 0) is 4.74 Å². The van der Waals surface area contributed by atoms with Crippen molar-refractivity contribution >= 4 is 23.1 Å². The predicted octanol–water partition coefficient (Wildman–Crippen LogP) is 1.36. The number of nitrogens with zero attached hydrogens (tertiary/aromatic N) is 2. The second kappa shape index (κ2) is 6.28. The zero-order chi connectivity index (χ0) is 14.7. The lowest BCUT2D eigenvalue weighted by Gasteiger charge is -2.38. The minimum absolute atomic E-state index is 0.0534. The fourth-order valence-electron chi connectivity index (χ4n) is 2.24. The number of carbonyl (C=O) groups excluding carboxylic acids is 1. The van der Waals surface area contributed by atoms with Crippen molar-refractivity contribution in [1.82, 2.24) is 9.88 Å². The zero-order valence-corrected chi connectivity index (χ0v) is 12.5. The fourth-order valence-corrected chi connectivity index (χ4v) is 2.37. The van der Waals surface area contributed by atoms with Crippen LogP contribution < -0.4 is 5.73 Å². The highest BCUT2D eigenvalue weighted by molar-refractivity contribution is 7.80. The van der Waals surface area contributed by atoms with Gasteiger partial charge in [0, 0.05) is 18.3 Å². The van der Waals surface area contributed by atoms with E-state index in [0.29, 0.717) is 24.4 Å². The summed E-state index contributed by atoms with van der Waals surface area (Å²) in [6, 6.07) is 3.51. The van der Waals surface area contributed by atoms with E-state index in [9.17, 15) is 4.79 Å². The number of hydrogen-bond acceptors (Lipinski definition) is 4. The molecule has 1 saturated heterocycles. The van der Waals surface area contributed by atoms with Gasteiger partial charge >= 0.3 is 0 Å². The lowest BCUT2D eigenvalue weighted by Crippen LogP contribution is -2.51. The molecule has 0 radical (unpaired) electrons. The van der Waals surface area contributed by atoms with Gasteiger partial charge in [0.15, 0.2) is 0 Å². The highest BCUT2D eigenvalue weighted by atomic mass is 32.1. The third-order valence-electron chi connectivity index (χ3n) is 3.47. The number of nitrogens with two attached hydrogens (primary N) is 1. The number of thiocarbonyl (C=S) groups is 1. The van der Waals surface area contributed by atoms with Crippen LogP contribution in [0.25, 0.3) is 0 Å². The first-order valence-electron chi connectivity index (χ1n) is 6.71. The van der Waals surface area contributed by atoms with Crippen LogP contribution in [0.5, 0.6) is 0 Å². The number of morpholine rings is 1. The van der Waals surface area contributed by atoms with Gasteiger partial charge in [-0.15, -0.1) is 0 Å². The molecule has 2 N–H and O–H groups in total. The van der Waals surface area contributed by atoms with E-state index < -0.39 is 0 Å². The molecule has 108 valence electrons. The van der Waals surface area contributed by atoms with Gasteiger partial charge in [-0.25, -0.2) is 0 Å². The summed E-state index contributed by atoms with van der Waals surface area (Å²) in [5.41, 5.74) is 6.60. The molecule has 0 bridgehead atoms. The normalized spacial score (nSPS) is 22.6. The number of amides is 1. The molecule has 1 amide bonds. The van der Waals surface area contributed by atoms with Crippen molar-refractivity contribution < 1.29 is 9.53 Å². The van der Waals surface area contributed by atoms with Gasteiger partial charge in [0.1, 0.15) is 10.7 Å². The molecule has 20 heavy (non-hydrogen) atoms. The van der Waals surface area contributed by atoms with Crippen molar-refractivity contribution in [2.75, 3.05) is 13.2 Å². The Bertz CT molecular complexity index is 504. The monoisotopic (exact) mass is 293 g/mol. The van der Waals surface area contributed by atoms with Crippen LogP contribution in [0.15, 0.2) is 18.3 Å². The maximum absolute atomic E-state index is 12.5. The number of rotatable bonds is 3. The summed E-state index contributed by atoms with van der Waals surface area (Å²) in [6.07, 6.45) is 2.46. The van der Waals surface area contributed by atoms with Crippen LogP contribution in [0.3, 0.4) is 0 Å². The Morgan fingerprint density at radius 2 is 2.35 bits per heavy atom. The molecule has 0 saturated carbocycles. The maximum atomic E-state index is 12.5. The van der Waals surface area contributed by atoms with Gasteiger partial charge in [-0.2, -0.15) is 0 Å². The largest absolute Gasteiger partial charge is 0.389 e. The molecule has 0 aromatic carbocycles. The summed E-state index contributed by atoms with van der Waals surface area (Å²) in [7, 11) is 0. The molecule has 1 aliphatic heterocycles. The molecule has 2 rings (SSSR count). The van der Waals surface area contributed by atoms with Gasteiger partial charge < -0.3 is 15.4 Å². The summed E-state index contributed by atoms with van der Waals surface area (Å²) in [6.45, 7) is 5.19. The van der Waals surface area contributed by atoms with E-state index in [1.165, 1.54) is 0 Å². The van der Waals surface area contributed by atoms with Crippen LogP contribution >= 0.6 is 12.2 Å². The van der Waals surface area contributed by atoms with Gasteiger partial charge in [0.05, 0.1) is 18.8 Å². The number of carbonyl (C=O) groups is 1. The first-order valence-corrected chi connectivity index (χ1v) is 7.12. The highest BCUT2D eigenvalue weighted by Gasteiger charge is 2.30. The summed E-state index contributed by atoms with van der Waals surface area (Å²) >= 11 is 4.87. The Kier molecular flexibility index (Phi) is 4.67. The van der Waals surface area contributed by atoms with E-state index in [1.807, 2.05) is 18.7 Å². The topological polar surface area (TPSA) is 68.5 Å². The van der Waals surface area contributed by atoms with E-state index in [1.54, 1.807) is 18.3 Å². The third kappa shape index (κ3) is 3.13. The van der Waals surface area contributed by atoms with Gasteiger partial charge in [0.25, 0.3) is 5.91 Å². The highest BCUT2D eigenvalue weighted by Crippen LogP contribution is 2.17. The Morgan fingerprint density at radius 1 is 1.60 bits per heavy atom. The Morgan fingerprint density at radius 3 is 2.90 bits per heavy atom. The summed E-state index contributed by atoms with van der Waals surface area (Å²) in [5.74, 6) is -0.0681. The van der Waals surface area contributed by atoms with E-state index in [4.69, 9.17) is 22.7 Å². The maximum Gasteiger partial charge on any atom is 0.272 e. The summed E-state index contributed by atoms with van der Waals surface area (Å²) in [5, 5.41) is 0. The molecular formula is C14H19N3O2S. The van der Waals surface area contributed by atoms with Crippen molar-refractivity contribution in [2.24, 2.45) is 5.73 Å². The van der Waals surface area contributed by atoms with Crippen molar-refractivity contribution in [1.29, 1.82) is 0 Å². The van der Waals surface area contributed by atoms with Gasteiger partial charge in [-0.3, -0.25) is 9.78 Å². The van der Waals surface area contributed by atoms with Crippen LogP contribution in [-0.4, -0.2) is 46.1 Å². The first kappa shape index (κ1) is 14.9. The number of hydrogen-bond donors (Lipinski definition) is 1. The van der Waals surface area contributed by atoms with Crippen LogP contribution in [0.1, 0.15) is 36.3 Å². The lowest BCUT2D eigenvalue weighted by molar-refractivity contribution is -0.0445. The number of ether oxygens (including phenoxy) is 1. The quantitative estimate of drug-likeness (QED) is 0.852. The standard InChI is InChI=1S/C14H19N3O2S/c1-3-11-8-19-9(2)7-17(11)14(18)12-5-4-10(6-16-12)13(15)20/h4-6,9,11H,3,7-8H2,1-2H3,(H2,15,20). The van der Waals surface area contributed by atoms with Crippen LogP contribution in [0.2, 0.25) is 0 Å². The SMILES string of the molecule is CCC1COC(C)CN1C(=O)c1ccc(C(N)=S)cn1. The molecule has 1 aromatic heterocycles. The fraction of sp³-hybridized carbons (Fsp3) is 0.500. The van der Waals surface area contributed by atoms with Crippen molar-refractivity contribution in [2.45, 2.75) is 32.4 Å². The molecular weight excluding hydrogens is 274 g/mol. The van der Waals surface area contributed by atoms with E-state index in [2.05, 4.69) is 4.98 Å². The molecule has 5 nitrogen and oxygen atoms in total. The molecule has 2 atom stereocenters. The predicted molar refractivity (Wildman–Crippen MR) is 80.7 cm³/mol. The van der Waals surface area contributed by atoms with Crippen molar-refractivity contribution in [3.05, 3.63) is 29.6 Å².